The van der Waals surface area contributed by atoms with Crippen molar-refractivity contribution in [2.24, 2.45) is 0 Å². The van der Waals surface area contributed by atoms with Crippen LogP contribution in [0.2, 0.25) is 0 Å². The smallest absolute Gasteiger partial charge is 0.127 e. The van der Waals surface area contributed by atoms with Gasteiger partial charge in [-0.05, 0) is 60.2 Å². The normalized spacial score (nSPS) is 13.3. The molecular weight excluding hydrogens is 241 g/mol. The average molecular weight is 257 g/mol. The number of hydrogen-bond acceptors (Lipinski definition) is 2. The van der Waals surface area contributed by atoms with E-state index < -0.39 is 5.82 Å². The van der Waals surface area contributed by atoms with E-state index in [0.717, 1.165) is 23.7 Å². The van der Waals surface area contributed by atoms with E-state index in [1.165, 1.54) is 30.0 Å². The predicted octanol–water partition coefficient (Wildman–Crippen LogP) is 3.63. The third-order valence-electron chi connectivity index (χ3n) is 3.54. The predicted molar refractivity (Wildman–Crippen MR) is 73.9 cm³/mol. The van der Waals surface area contributed by atoms with Crippen molar-refractivity contribution < 1.29 is 9.50 Å². The van der Waals surface area contributed by atoms with Gasteiger partial charge in [0.1, 0.15) is 11.6 Å². The van der Waals surface area contributed by atoms with Crippen molar-refractivity contribution in [2.75, 3.05) is 5.32 Å². The largest absolute Gasteiger partial charge is 0.508 e. The molecule has 0 saturated carbocycles. The second-order valence-electron chi connectivity index (χ2n) is 5.01. The lowest BCUT2D eigenvalue weighted by molar-refractivity contribution is 0.468. The summed E-state index contributed by atoms with van der Waals surface area (Å²) in [5, 5.41) is 12.6. The molecule has 98 valence electrons. The molecule has 3 rings (SSSR count). The van der Waals surface area contributed by atoms with Gasteiger partial charge in [0.2, 0.25) is 0 Å². The molecule has 2 N–H and O–H groups in total. The molecule has 0 fully saturated rings. The van der Waals surface area contributed by atoms with E-state index in [1.54, 1.807) is 6.07 Å². The number of fused-ring (bicyclic) bond motifs is 1. The molecule has 0 atom stereocenters. The maximum absolute atomic E-state index is 13.1. The molecule has 0 heterocycles. The Kier molecular flexibility index (Phi) is 3.11. The molecule has 2 aromatic rings. The van der Waals surface area contributed by atoms with Crippen LogP contribution in [0.4, 0.5) is 10.1 Å². The number of aryl methyl sites for hydroxylation is 2. The average Bonchev–Trinajstić information content (AvgIpc) is 2.82. The number of hydrogen-bond donors (Lipinski definition) is 2. The van der Waals surface area contributed by atoms with E-state index in [1.807, 2.05) is 0 Å². The van der Waals surface area contributed by atoms with Crippen molar-refractivity contribution in [3.63, 3.8) is 0 Å². The van der Waals surface area contributed by atoms with Gasteiger partial charge < -0.3 is 10.4 Å². The highest BCUT2D eigenvalue weighted by atomic mass is 19.1. The summed E-state index contributed by atoms with van der Waals surface area (Å²) in [6, 6.07) is 10.5. The summed E-state index contributed by atoms with van der Waals surface area (Å²) in [7, 11) is 0. The Bertz CT molecular complexity index is 589. The van der Waals surface area contributed by atoms with Gasteiger partial charge in [0.25, 0.3) is 0 Å². The summed E-state index contributed by atoms with van der Waals surface area (Å²) >= 11 is 0. The lowest BCUT2D eigenvalue weighted by atomic mass is 10.1. The summed E-state index contributed by atoms with van der Waals surface area (Å²) in [6.07, 6.45) is 3.55. The zero-order valence-electron chi connectivity index (χ0n) is 10.6. The molecule has 1 aliphatic carbocycles. The van der Waals surface area contributed by atoms with Crippen LogP contribution >= 0.6 is 0 Å². The molecule has 0 radical (unpaired) electrons. The standard InChI is InChI=1S/C16H16FNO/c17-14-6-11(7-16(19)9-14)10-18-15-5-4-12-2-1-3-13(12)8-15/h4-9,18-19H,1-3,10H2. The van der Waals surface area contributed by atoms with Gasteiger partial charge in [-0.2, -0.15) is 0 Å². The summed E-state index contributed by atoms with van der Waals surface area (Å²) in [6.45, 7) is 0.504. The van der Waals surface area contributed by atoms with Crippen molar-refractivity contribution in [3.05, 3.63) is 58.9 Å². The number of rotatable bonds is 3. The van der Waals surface area contributed by atoms with Gasteiger partial charge in [-0.15, -0.1) is 0 Å². The van der Waals surface area contributed by atoms with Crippen LogP contribution in [0.5, 0.6) is 5.75 Å². The minimum atomic E-state index is -0.411. The van der Waals surface area contributed by atoms with Crippen LogP contribution in [0.25, 0.3) is 0 Å². The molecule has 0 spiro atoms. The van der Waals surface area contributed by atoms with Gasteiger partial charge >= 0.3 is 0 Å². The Hall–Kier alpha value is -2.03. The Balaban J connectivity index is 1.72. The molecule has 3 heteroatoms. The second-order valence-corrected chi connectivity index (χ2v) is 5.01. The first-order valence-corrected chi connectivity index (χ1v) is 6.55. The monoisotopic (exact) mass is 257 g/mol. The van der Waals surface area contributed by atoms with E-state index in [-0.39, 0.29) is 5.75 Å². The lowest BCUT2D eigenvalue weighted by Gasteiger charge is -2.09. The van der Waals surface area contributed by atoms with E-state index in [2.05, 4.69) is 23.5 Å². The number of aromatic hydroxyl groups is 1. The fourth-order valence-corrected chi connectivity index (χ4v) is 2.62. The van der Waals surface area contributed by atoms with Crippen molar-refractivity contribution in [2.45, 2.75) is 25.8 Å². The van der Waals surface area contributed by atoms with Crippen molar-refractivity contribution in [3.8, 4) is 5.75 Å². The van der Waals surface area contributed by atoms with Gasteiger partial charge in [0.15, 0.2) is 0 Å². The third-order valence-corrected chi connectivity index (χ3v) is 3.54. The maximum atomic E-state index is 13.1. The molecule has 1 aliphatic rings. The van der Waals surface area contributed by atoms with Gasteiger partial charge in [-0.3, -0.25) is 0 Å². The minimum absolute atomic E-state index is 0.0363. The third kappa shape index (κ3) is 2.70. The van der Waals surface area contributed by atoms with Crippen LogP contribution in [0.1, 0.15) is 23.1 Å². The van der Waals surface area contributed by atoms with Crippen LogP contribution in [0.3, 0.4) is 0 Å². The molecule has 0 bridgehead atoms. The molecule has 2 nitrogen and oxygen atoms in total. The van der Waals surface area contributed by atoms with Crippen molar-refractivity contribution in [1.82, 2.24) is 0 Å². The number of benzene rings is 2. The van der Waals surface area contributed by atoms with E-state index in [0.29, 0.717) is 6.54 Å². The maximum Gasteiger partial charge on any atom is 0.127 e. The number of phenolic OH excluding ortho intramolecular Hbond substituents is 1. The first-order valence-electron chi connectivity index (χ1n) is 6.55. The molecule has 0 saturated heterocycles. The Morgan fingerprint density at radius 3 is 2.74 bits per heavy atom. The zero-order chi connectivity index (χ0) is 13.2. The Morgan fingerprint density at radius 2 is 1.89 bits per heavy atom. The van der Waals surface area contributed by atoms with Crippen LogP contribution in [0, 0.1) is 5.82 Å². The van der Waals surface area contributed by atoms with Gasteiger partial charge in [-0.25, -0.2) is 4.39 Å². The summed E-state index contributed by atoms with van der Waals surface area (Å²) in [5.41, 5.74) is 4.63. The van der Waals surface area contributed by atoms with E-state index >= 15 is 0 Å². The van der Waals surface area contributed by atoms with Crippen molar-refractivity contribution in [1.29, 1.82) is 0 Å². The fourth-order valence-electron chi connectivity index (χ4n) is 2.62. The highest BCUT2D eigenvalue weighted by molar-refractivity contribution is 5.50. The Morgan fingerprint density at radius 1 is 1.05 bits per heavy atom. The topological polar surface area (TPSA) is 32.3 Å². The summed E-state index contributed by atoms with van der Waals surface area (Å²) < 4.78 is 13.1. The Labute approximate surface area is 111 Å². The molecule has 0 amide bonds. The van der Waals surface area contributed by atoms with Crippen molar-refractivity contribution >= 4 is 5.69 Å². The molecule has 0 aromatic heterocycles. The first kappa shape index (κ1) is 12.0. The highest BCUT2D eigenvalue weighted by Crippen LogP contribution is 2.25. The first-order chi connectivity index (χ1) is 9.20. The minimum Gasteiger partial charge on any atom is -0.508 e. The zero-order valence-corrected chi connectivity index (χ0v) is 10.6. The molecule has 19 heavy (non-hydrogen) atoms. The van der Waals surface area contributed by atoms with E-state index in [4.69, 9.17) is 0 Å². The van der Waals surface area contributed by atoms with Crippen LogP contribution in [-0.4, -0.2) is 5.11 Å². The van der Waals surface area contributed by atoms with Crippen LogP contribution in [0.15, 0.2) is 36.4 Å². The highest BCUT2D eigenvalue weighted by Gasteiger charge is 2.10. The number of halogens is 1. The van der Waals surface area contributed by atoms with Crippen LogP contribution in [-0.2, 0) is 19.4 Å². The summed E-state index contributed by atoms with van der Waals surface area (Å²) in [5.74, 6) is -0.448. The quantitative estimate of drug-likeness (QED) is 0.880. The van der Waals surface area contributed by atoms with Gasteiger partial charge in [0, 0.05) is 18.3 Å². The molecule has 2 aromatic carbocycles. The van der Waals surface area contributed by atoms with Gasteiger partial charge in [0.05, 0.1) is 0 Å². The van der Waals surface area contributed by atoms with Gasteiger partial charge in [-0.1, -0.05) is 6.07 Å². The number of anilines is 1. The second kappa shape index (κ2) is 4.92. The fraction of sp³-hybridized carbons (Fsp3) is 0.250. The molecule has 0 aliphatic heterocycles. The SMILES string of the molecule is Oc1cc(F)cc(CNc2ccc3c(c2)CCC3)c1. The summed E-state index contributed by atoms with van der Waals surface area (Å²) in [4.78, 5) is 0. The molecule has 0 unspecified atom stereocenters. The van der Waals surface area contributed by atoms with E-state index in [9.17, 15) is 9.50 Å². The number of phenols is 1. The molecular formula is C16H16FNO. The number of nitrogens with one attached hydrogen (secondary N) is 1. The lowest BCUT2D eigenvalue weighted by Crippen LogP contribution is -2.00. The van der Waals surface area contributed by atoms with Crippen LogP contribution < -0.4 is 5.32 Å².